The van der Waals surface area contributed by atoms with E-state index in [4.69, 9.17) is 0 Å². The first-order valence-electron chi connectivity index (χ1n) is 4.09. The molecule has 0 aromatic rings. The Balaban J connectivity index is 2.36. The van der Waals surface area contributed by atoms with E-state index in [1.807, 2.05) is 0 Å². The monoisotopic (exact) mass is 269 g/mol. The minimum atomic E-state index is -2.88. The number of amides is 1. The number of sulfone groups is 1. The lowest BCUT2D eigenvalue weighted by Crippen LogP contribution is -2.35. The molecular formula is C7H12BrNO3S. The van der Waals surface area contributed by atoms with Gasteiger partial charge < -0.3 is 5.32 Å². The van der Waals surface area contributed by atoms with Gasteiger partial charge in [-0.05, 0) is 6.42 Å². The Morgan fingerprint density at radius 3 is 2.69 bits per heavy atom. The summed E-state index contributed by atoms with van der Waals surface area (Å²) in [6.45, 7) is 0. The number of hydrogen-bond acceptors (Lipinski definition) is 3. The highest BCUT2D eigenvalue weighted by Gasteiger charge is 2.28. The van der Waals surface area contributed by atoms with Gasteiger partial charge in [0.15, 0.2) is 9.84 Å². The van der Waals surface area contributed by atoms with Crippen molar-refractivity contribution >= 4 is 31.7 Å². The van der Waals surface area contributed by atoms with Gasteiger partial charge in [-0.2, -0.15) is 0 Å². The molecule has 1 amide bonds. The van der Waals surface area contributed by atoms with Crippen LogP contribution in [0.3, 0.4) is 0 Å². The highest BCUT2D eigenvalue weighted by Crippen LogP contribution is 2.11. The molecule has 1 fully saturated rings. The molecule has 1 saturated heterocycles. The Hall–Kier alpha value is -0.100. The van der Waals surface area contributed by atoms with E-state index in [9.17, 15) is 13.2 Å². The van der Waals surface area contributed by atoms with Gasteiger partial charge in [-0.15, -0.1) is 0 Å². The van der Waals surface area contributed by atoms with E-state index in [1.54, 1.807) is 0 Å². The zero-order chi connectivity index (χ0) is 9.90. The number of carbonyl (C=O) groups excluding carboxylic acids is 1. The molecule has 0 aromatic carbocycles. The van der Waals surface area contributed by atoms with E-state index in [2.05, 4.69) is 21.2 Å². The van der Waals surface area contributed by atoms with Crippen molar-refractivity contribution in [3.05, 3.63) is 0 Å². The number of hydrogen-bond donors (Lipinski definition) is 1. The quantitative estimate of drug-likeness (QED) is 0.738. The lowest BCUT2D eigenvalue weighted by atomic mass is 10.2. The van der Waals surface area contributed by atoms with Crippen molar-refractivity contribution in [2.24, 2.45) is 0 Å². The van der Waals surface area contributed by atoms with Crippen LogP contribution in [0.2, 0.25) is 0 Å². The van der Waals surface area contributed by atoms with Crippen molar-refractivity contribution in [1.29, 1.82) is 0 Å². The minimum Gasteiger partial charge on any atom is -0.352 e. The van der Waals surface area contributed by atoms with E-state index < -0.39 is 9.84 Å². The largest absolute Gasteiger partial charge is 0.352 e. The molecule has 0 aliphatic carbocycles. The van der Waals surface area contributed by atoms with Crippen LogP contribution in [0.4, 0.5) is 0 Å². The van der Waals surface area contributed by atoms with Crippen molar-refractivity contribution in [1.82, 2.24) is 5.32 Å². The second-order valence-corrected chi connectivity index (χ2v) is 6.13. The topological polar surface area (TPSA) is 63.2 Å². The van der Waals surface area contributed by atoms with E-state index in [-0.39, 0.29) is 23.5 Å². The van der Waals surface area contributed by atoms with E-state index >= 15 is 0 Å². The van der Waals surface area contributed by atoms with Crippen molar-refractivity contribution in [2.75, 3.05) is 16.8 Å². The van der Waals surface area contributed by atoms with Crippen LogP contribution in [0.5, 0.6) is 0 Å². The minimum absolute atomic E-state index is 0.0843. The average molecular weight is 270 g/mol. The van der Waals surface area contributed by atoms with Crippen LogP contribution < -0.4 is 5.32 Å². The maximum atomic E-state index is 11.1. The molecule has 6 heteroatoms. The van der Waals surface area contributed by atoms with E-state index in [0.717, 1.165) is 0 Å². The summed E-state index contributed by atoms with van der Waals surface area (Å²) in [5.41, 5.74) is 0. The number of carbonyl (C=O) groups is 1. The summed E-state index contributed by atoms with van der Waals surface area (Å²) in [4.78, 5) is 11.1. The molecule has 1 unspecified atom stereocenters. The molecule has 4 nitrogen and oxygen atoms in total. The molecule has 0 saturated carbocycles. The van der Waals surface area contributed by atoms with Crippen LogP contribution in [-0.4, -0.2) is 37.2 Å². The Morgan fingerprint density at radius 1 is 1.54 bits per heavy atom. The maximum Gasteiger partial charge on any atom is 0.221 e. The molecule has 76 valence electrons. The van der Waals surface area contributed by atoms with Gasteiger partial charge in [0.2, 0.25) is 5.91 Å². The Kier molecular flexibility index (Phi) is 3.73. The fourth-order valence-electron chi connectivity index (χ4n) is 1.29. The average Bonchev–Trinajstić information content (AvgIpc) is 2.30. The first-order chi connectivity index (χ1) is 6.03. The molecule has 1 aliphatic heterocycles. The van der Waals surface area contributed by atoms with Crippen molar-refractivity contribution in [3.63, 3.8) is 0 Å². The van der Waals surface area contributed by atoms with Gasteiger partial charge >= 0.3 is 0 Å². The van der Waals surface area contributed by atoms with Crippen LogP contribution in [0.15, 0.2) is 0 Å². The molecule has 1 aliphatic rings. The van der Waals surface area contributed by atoms with Crippen LogP contribution in [0.25, 0.3) is 0 Å². The zero-order valence-corrected chi connectivity index (χ0v) is 9.53. The van der Waals surface area contributed by atoms with E-state index in [0.29, 0.717) is 18.2 Å². The number of nitrogens with one attached hydrogen (secondary N) is 1. The molecule has 0 spiro atoms. The Morgan fingerprint density at radius 2 is 2.23 bits per heavy atom. The normalized spacial score (nSPS) is 25.8. The SMILES string of the molecule is O=C(CCBr)NC1CCS(=O)(=O)C1. The summed E-state index contributed by atoms with van der Waals surface area (Å²) in [5, 5.41) is 3.30. The highest BCUT2D eigenvalue weighted by molar-refractivity contribution is 9.09. The molecule has 0 bridgehead atoms. The molecule has 0 radical (unpaired) electrons. The van der Waals surface area contributed by atoms with Gasteiger partial charge in [-0.1, -0.05) is 15.9 Å². The van der Waals surface area contributed by atoms with Crippen molar-refractivity contribution in [2.45, 2.75) is 18.9 Å². The molecular weight excluding hydrogens is 258 g/mol. The standard InChI is InChI=1S/C7H12BrNO3S/c8-3-1-7(10)9-6-2-4-13(11,12)5-6/h6H,1-5H2,(H,9,10). The Labute approximate surface area is 86.1 Å². The van der Waals surface area contributed by atoms with E-state index in [1.165, 1.54) is 0 Å². The number of alkyl halides is 1. The second kappa shape index (κ2) is 4.41. The third-order valence-electron chi connectivity index (χ3n) is 1.92. The molecule has 1 heterocycles. The Bertz CT molecular complexity index is 288. The van der Waals surface area contributed by atoms with Crippen LogP contribution >= 0.6 is 15.9 Å². The van der Waals surface area contributed by atoms with Crippen molar-refractivity contribution < 1.29 is 13.2 Å². The van der Waals surface area contributed by atoms with Gasteiger partial charge in [0, 0.05) is 17.8 Å². The van der Waals surface area contributed by atoms with Gasteiger partial charge in [0.05, 0.1) is 11.5 Å². The first kappa shape index (κ1) is 11.0. The second-order valence-electron chi connectivity index (χ2n) is 3.11. The smallest absolute Gasteiger partial charge is 0.221 e. The predicted octanol–water partition coefficient (Wildman–Crippen LogP) is 0.0747. The third kappa shape index (κ3) is 3.64. The molecule has 0 aromatic heterocycles. The lowest BCUT2D eigenvalue weighted by Gasteiger charge is -2.09. The molecule has 1 atom stereocenters. The van der Waals surface area contributed by atoms with Gasteiger partial charge in [-0.25, -0.2) is 8.42 Å². The predicted molar refractivity (Wildman–Crippen MR) is 53.6 cm³/mol. The first-order valence-corrected chi connectivity index (χ1v) is 7.03. The zero-order valence-electron chi connectivity index (χ0n) is 7.12. The summed E-state index contributed by atoms with van der Waals surface area (Å²) in [6, 6.07) is -0.170. The summed E-state index contributed by atoms with van der Waals surface area (Å²) in [7, 11) is -2.88. The number of rotatable bonds is 3. The van der Waals surface area contributed by atoms with Crippen LogP contribution in [0, 0.1) is 0 Å². The fraction of sp³-hybridized carbons (Fsp3) is 0.857. The van der Waals surface area contributed by atoms with Crippen LogP contribution in [0.1, 0.15) is 12.8 Å². The summed E-state index contributed by atoms with van der Waals surface area (Å²) in [6.07, 6.45) is 0.951. The number of halogens is 1. The van der Waals surface area contributed by atoms with Crippen LogP contribution in [-0.2, 0) is 14.6 Å². The van der Waals surface area contributed by atoms with Gasteiger partial charge in [-0.3, -0.25) is 4.79 Å². The maximum absolute atomic E-state index is 11.1. The summed E-state index contributed by atoms with van der Waals surface area (Å²) >= 11 is 3.14. The van der Waals surface area contributed by atoms with Crippen molar-refractivity contribution in [3.8, 4) is 0 Å². The molecule has 1 N–H and O–H groups in total. The molecule has 1 rings (SSSR count). The summed E-state index contributed by atoms with van der Waals surface area (Å²) in [5.74, 6) is 0.215. The summed E-state index contributed by atoms with van der Waals surface area (Å²) < 4.78 is 22.0. The highest BCUT2D eigenvalue weighted by atomic mass is 79.9. The fourth-order valence-corrected chi connectivity index (χ4v) is 3.33. The molecule has 13 heavy (non-hydrogen) atoms. The van der Waals surface area contributed by atoms with Gasteiger partial charge in [0.25, 0.3) is 0 Å². The van der Waals surface area contributed by atoms with Gasteiger partial charge in [0.1, 0.15) is 0 Å². The third-order valence-corrected chi connectivity index (χ3v) is 4.08. The lowest BCUT2D eigenvalue weighted by molar-refractivity contribution is -0.121.